The second-order valence-corrected chi connectivity index (χ2v) is 4.25. The van der Waals surface area contributed by atoms with Gasteiger partial charge in [0.05, 0.1) is 6.61 Å². The third kappa shape index (κ3) is 3.53. The molecule has 1 unspecified atom stereocenters. The standard InChI is InChI=1S/C10H22N2O2/c11-10(4-8-13)2-1-5-12(6-3-10)7-9-14/h13-14H,1-9,11H2. The Kier molecular flexibility index (Phi) is 4.81. The van der Waals surface area contributed by atoms with Crippen LogP contribution in [0.25, 0.3) is 0 Å². The fourth-order valence-corrected chi connectivity index (χ4v) is 2.11. The van der Waals surface area contributed by atoms with Gasteiger partial charge in [0.2, 0.25) is 0 Å². The number of aliphatic hydroxyl groups excluding tert-OH is 2. The van der Waals surface area contributed by atoms with Crippen molar-refractivity contribution < 1.29 is 10.2 Å². The van der Waals surface area contributed by atoms with Gasteiger partial charge in [-0.3, -0.25) is 0 Å². The third-order valence-electron chi connectivity index (χ3n) is 3.10. The molecule has 0 radical (unpaired) electrons. The van der Waals surface area contributed by atoms with Crippen LogP contribution in [0, 0.1) is 0 Å². The zero-order valence-corrected chi connectivity index (χ0v) is 8.78. The van der Waals surface area contributed by atoms with Crippen molar-refractivity contribution >= 4 is 0 Å². The van der Waals surface area contributed by atoms with E-state index in [2.05, 4.69) is 4.90 Å². The highest BCUT2D eigenvalue weighted by Gasteiger charge is 2.27. The Bertz CT molecular complexity index is 166. The van der Waals surface area contributed by atoms with Gasteiger partial charge < -0.3 is 20.8 Å². The van der Waals surface area contributed by atoms with Crippen molar-refractivity contribution in [2.75, 3.05) is 32.8 Å². The largest absolute Gasteiger partial charge is 0.396 e. The summed E-state index contributed by atoms with van der Waals surface area (Å²) >= 11 is 0. The van der Waals surface area contributed by atoms with E-state index in [0.717, 1.165) is 38.9 Å². The van der Waals surface area contributed by atoms with Gasteiger partial charge >= 0.3 is 0 Å². The van der Waals surface area contributed by atoms with Crippen LogP contribution in [-0.2, 0) is 0 Å². The molecule has 1 heterocycles. The molecule has 0 bridgehead atoms. The summed E-state index contributed by atoms with van der Waals surface area (Å²) < 4.78 is 0. The van der Waals surface area contributed by atoms with E-state index in [1.165, 1.54) is 0 Å². The molecule has 0 aliphatic carbocycles. The second-order valence-electron chi connectivity index (χ2n) is 4.25. The molecule has 1 aliphatic heterocycles. The molecule has 0 saturated carbocycles. The second kappa shape index (κ2) is 5.66. The van der Waals surface area contributed by atoms with Gasteiger partial charge in [-0.2, -0.15) is 0 Å². The summed E-state index contributed by atoms with van der Waals surface area (Å²) in [5.74, 6) is 0. The smallest absolute Gasteiger partial charge is 0.0558 e. The summed E-state index contributed by atoms with van der Waals surface area (Å²) in [6.45, 7) is 3.10. The van der Waals surface area contributed by atoms with Gasteiger partial charge in [0, 0.05) is 18.7 Å². The van der Waals surface area contributed by atoms with Gasteiger partial charge in [-0.05, 0) is 38.8 Å². The lowest BCUT2D eigenvalue weighted by atomic mass is 9.89. The highest BCUT2D eigenvalue weighted by Crippen LogP contribution is 2.22. The van der Waals surface area contributed by atoms with Crippen LogP contribution in [0.1, 0.15) is 25.7 Å². The molecule has 0 aromatic rings. The van der Waals surface area contributed by atoms with Gasteiger partial charge in [0.15, 0.2) is 0 Å². The molecule has 14 heavy (non-hydrogen) atoms. The lowest BCUT2D eigenvalue weighted by Crippen LogP contribution is -2.41. The summed E-state index contributed by atoms with van der Waals surface area (Å²) in [5.41, 5.74) is 6.00. The van der Waals surface area contributed by atoms with Crippen molar-refractivity contribution in [3.05, 3.63) is 0 Å². The first-order chi connectivity index (χ1) is 6.70. The maximum absolute atomic E-state index is 8.91. The number of aliphatic hydroxyl groups is 2. The van der Waals surface area contributed by atoms with E-state index in [0.29, 0.717) is 6.42 Å². The minimum Gasteiger partial charge on any atom is -0.396 e. The Labute approximate surface area is 85.7 Å². The van der Waals surface area contributed by atoms with Gasteiger partial charge in [0.1, 0.15) is 0 Å². The Morgan fingerprint density at radius 1 is 1.14 bits per heavy atom. The summed E-state index contributed by atoms with van der Waals surface area (Å²) in [7, 11) is 0. The monoisotopic (exact) mass is 202 g/mol. The lowest BCUT2D eigenvalue weighted by Gasteiger charge is -2.27. The Morgan fingerprint density at radius 2 is 1.93 bits per heavy atom. The predicted octanol–water partition coefficient (Wildman–Crippen LogP) is -0.456. The first-order valence-corrected chi connectivity index (χ1v) is 5.43. The van der Waals surface area contributed by atoms with E-state index in [1.54, 1.807) is 0 Å². The van der Waals surface area contributed by atoms with Gasteiger partial charge in [-0.25, -0.2) is 0 Å². The molecule has 4 nitrogen and oxygen atoms in total. The van der Waals surface area contributed by atoms with Crippen molar-refractivity contribution in [1.82, 2.24) is 4.90 Å². The van der Waals surface area contributed by atoms with Crippen LogP contribution >= 0.6 is 0 Å². The molecule has 1 fully saturated rings. The normalized spacial score (nSPS) is 30.2. The number of β-amino-alcohol motifs (C(OH)–C–C–N with tert-alkyl or cyclic N) is 1. The zero-order chi connectivity index (χ0) is 10.4. The molecular weight excluding hydrogens is 180 g/mol. The van der Waals surface area contributed by atoms with Gasteiger partial charge in [-0.1, -0.05) is 0 Å². The molecule has 1 aliphatic rings. The highest BCUT2D eigenvalue weighted by atomic mass is 16.3. The van der Waals surface area contributed by atoms with E-state index in [9.17, 15) is 0 Å². The van der Waals surface area contributed by atoms with Crippen molar-refractivity contribution in [1.29, 1.82) is 0 Å². The summed E-state index contributed by atoms with van der Waals surface area (Å²) in [4.78, 5) is 2.24. The molecule has 84 valence electrons. The van der Waals surface area contributed by atoms with Crippen LogP contribution in [0.15, 0.2) is 0 Å². The molecule has 0 spiro atoms. The van der Waals surface area contributed by atoms with E-state index in [-0.39, 0.29) is 18.8 Å². The number of nitrogens with two attached hydrogens (primary N) is 1. The minimum atomic E-state index is -0.182. The number of hydrogen-bond donors (Lipinski definition) is 3. The van der Waals surface area contributed by atoms with Crippen LogP contribution in [0.2, 0.25) is 0 Å². The van der Waals surface area contributed by atoms with Crippen molar-refractivity contribution in [2.45, 2.75) is 31.2 Å². The molecule has 1 saturated heterocycles. The molecule has 0 aromatic carbocycles. The van der Waals surface area contributed by atoms with Crippen LogP contribution in [0.3, 0.4) is 0 Å². The maximum atomic E-state index is 8.91. The first kappa shape index (κ1) is 11.9. The molecular formula is C10H22N2O2. The van der Waals surface area contributed by atoms with Crippen LogP contribution in [0.4, 0.5) is 0 Å². The maximum Gasteiger partial charge on any atom is 0.0558 e. The van der Waals surface area contributed by atoms with Crippen LogP contribution < -0.4 is 5.73 Å². The Balaban J connectivity index is 2.39. The van der Waals surface area contributed by atoms with E-state index < -0.39 is 0 Å². The van der Waals surface area contributed by atoms with Gasteiger partial charge in [0.25, 0.3) is 0 Å². The zero-order valence-electron chi connectivity index (χ0n) is 8.78. The lowest BCUT2D eigenvalue weighted by molar-refractivity contribution is 0.191. The van der Waals surface area contributed by atoms with Crippen molar-refractivity contribution in [3.63, 3.8) is 0 Å². The number of rotatable bonds is 4. The summed E-state index contributed by atoms with van der Waals surface area (Å²) in [5, 5.41) is 17.7. The average molecular weight is 202 g/mol. The number of nitrogens with zero attached hydrogens (tertiary/aromatic N) is 1. The van der Waals surface area contributed by atoms with Crippen LogP contribution in [0.5, 0.6) is 0 Å². The minimum absolute atomic E-state index is 0.177. The van der Waals surface area contributed by atoms with Crippen LogP contribution in [-0.4, -0.2) is 53.5 Å². The van der Waals surface area contributed by atoms with E-state index in [4.69, 9.17) is 15.9 Å². The fourth-order valence-electron chi connectivity index (χ4n) is 2.11. The van der Waals surface area contributed by atoms with E-state index >= 15 is 0 Å². The molecule has 4 heteroatoms. The number of hydrogen-bond acceptors (Lipinski definition) is 4. The SMILES string of the molecule is NC1(CCO)CCCN(CCO)CC1. The average Bonchev–Trinajstić information content (AvgIpc) is 2.30. The Hall–Kier alpha value is -0.160. The first-order valence-electron chi connectivity index (χ1n) is 5.43. The Morgan fingerprint density at radius 3 is 2.57 bits per heavy atom. The quantitative estimate of drug-likeness (QED) is 0.577. The number of likely N-dealkylation sites (tertiary alicyclic amines) is 1. The molecule has 0 amide bonds. The molecule has 4 N–H and O–H groups in total. The molecule has 1 atom stereocenters. The summed E-state index contributed by atoms with van der Waals surface area (Å²) in [6, 6.07) is 0. The highest BCUT2D eigenvalue weighted by molar-refractivity contribution is 4.87. The van der Waals surface area contributed by atoms with Crippen molar-refractivity contribution in [3.8, 4) is 0 Å². The third-order valence-corrected chi connectivity index (χ3v) is 3.10. The topological polar surface area (TPSA) is 69.7 Å². The fraction of sp³-hybridized carbons (Fsp3) is 1.00. The summed E-state index contributed by atoms with van der Waals surface area (Å²) in [6.07, 6.45) is 3.67. The van der Waals surface area contributed by atoms with E-state index in [1.807, 2.05) is 0 Å². The molecule has 1 rings (SSSR count). The predicted molar refractivity (Wildman–Crippen MR) is 56.0 cm³/mol. The van der Waals surface area contributed by atoms with Gasteiger partial charge in [-0.15, -0.1) is 0 Å². The molecule has 0 aromatic heterocycles. The van der Waals surface area contributed by atoms with Crippen molar-refractivity contribution in [2.24, 2.45) is 5.73 Å².